The lowest BCUT2D eigenvalue weighted by molar-refractivity contribution is -0.122. The van der Waals surface area contributed by atoms with E-state index in [1.807, 2.05) is 14.0 Å². The Bertz CT molecular complexity index is 388. The fraction of sp³-hybridized carbons (Fsp3) is 0.769. The van der Waals surface area contributed by atoms with Crippen LogP contribution in [0.4, 0.5) is 0 Å². The van der Waals surface area contributed by atoms with E-state index in [0.717, 1.165) is 25.2 Å². The zero-order chi connectivity index (χ0) is 14.3. The molecule has 6 nitrogen and oxygen atoms in total. The predicted molar refractivity (Wildman–Crippen MR) is 74.6 cm³/mol. The highest BCUT2D eigenvalue weighted by Crippen LogP contribution is 1.96. The molecule has 0 fully saturated rings. The first-order valence-electron chi connectivity index (χ1n) is 6.84. The lowest BCUT2D eigenvalue weighted by Crippen LogP contribution is -2.43. The van der Waals surface area contributed by atoms with Crippen molar-refractivity contribution in [2.24, 2.45) is 13.0 Å². The summed E-state index contributed by atoms with van der Waals surface area (Å²) < 4.78 is 1.68. The monoisotopic (exact) mass is 267 g/mol. The Labute approximate surface area is 115 Å². The van der Waals surface area contributed by atoms with Gasteiger partial charge in [-0.3, -0.25) is 9.48 Å². The number of hydrogen-bond donors (Lipinski definition) is 2. The minimum Gasteiger partial charge on any atom is -0.355 e. The number of hydrogen-bond acceptors (Lipinski definition) is 4. The van der Waals surface area contributed by atoms with Crippen molar-refractivity contribution in [3.05, 3.63) is 12.2 Å². The standard InChI is InChI=1S/C13H25N5O/c1-10(2)5-7-15-13(19)11(3)14-8-6-12-16-9-18(4)17-12/h9-11,14H,5-8H2,1-4H3,(H,15,19). The molecule has 1 atom stereocenters. The van der Waals surface area contributed by atoms with Gasteiger partial charge in [-0.05, 0) is 19.3 Å². The van der Waals surface area contributed by atoms with E-state index in [1.165, 1.54) is 0 Å². The summed E-state index contributed by atoms with van der Waals surface area (Å²) in [5, 5.41) is 10.3. The van der Waals surface area contributed by atoms with Gasteiger partial charge in [-0.1, -0.05) is 13.8 Å². The molecular weight excluding hydrogens is 242 g/mol. The van der Waals surface area contributed by atoms with Crippen LogP contribution in [0.2, 0.25) is 0 Å². The molecule has 1 aromatic heterocycles. The molecule has 6 heteroatoms. The second-order valence-corrected chi connectivity index (χ2v) is 5.23. The van der Waals surface area contributed by atoms with Crippen molar-refractivity contribution in [1.29, 1.82) is 0 Å². The molecule has 0 saturated carbocycles. The van der Waals surface area contributed by atoms with E-state index in [4.69, 9.17) is 0 Å². The first-order valence-corrected chi connectivity index (χ1v) is 6.84. The summed E-state index contributed by atoms with van der Waals surface area (Å²) in [5.74, 6) is 1.45. The molecule has 0 spiro atoms. The summed E-state index contributed by atoms with van der Waals surface area (Å²) in [6.07, 6.45) is 3.41. The number of aromatic nitrogens is 3. The molecule has 1 rings (SSSR count). The quantitative estimate of drug-likeness (QED) is 0.719. The molecule has 1 amide bonds. The third-order valence-electron chi connectivity index (χ3n) is 2.86. The largest absolute Gasteiger partial charge is 0.355 e. The summed E-state index contributed by atoms with van der Waals surface area (Å²) in [5.41, 5.74) is 0. The van der Waals surface area contributed by atoms with E-state index in [2.05, 4.69) is 34.6 Å². The van der Waals surface area contributed by atoms with Crippen LogP contribution in [0.3, 0.4) is 0 Å². The first kappa shape index (κ1) is 15.6. The van der Waals surface area contributed by atoms with Crippen molar-refractivity contribution in [2.45, 2.75) is 39.7 Å². The van der Waals surface area contributed by atoms with Gasteiger partial charge in [0.05, 0.1) is 6.04 Å². The number of amides is 1. The van der Waals surface area contributed by atoms with Gasteiger partial charge in [0, 0.05) is 26.6 Å². The molecule has 1 aromatic rings. The molecule has 0 aliphatic carbocycles. The van der Waals surface area contributed by atoms with E-state index in [0.29, 0.717) is 12.5 Å². The average molecular weight is 267 g/mol. The van der Waals surface area contributed by atoms with Crippen LogP contribution in [-0.4, -0.2) is 39.8 Å². The molecule has 0 radical (unpaired) electrons. The van der Waals surface area contributed by atoms with Gasteiger partial charge in [-0.2, -0.15) is 5.10 Å². The van der Waals surface area contributed by atoms with Crippen LogP contribution in [-0.2, 0) is 18.3 Å². The third-order valence-corrected chi connectivity index (χ3v) is 2.86. The summed E-state index contributed by atoms with van der Waals surface area (Å²) >= 11 is 0. The highest BCUT2D eigenvalue weighted by molar-refractivity contribution is 5.81. The summed E-state index contributed by atoms with van der Waals surface area (Å²) in [6, 6.07) is -0.184. The lowest BCUT2D eigenvalue weighted by Gasteiger charge is -2.14. The summed E-state index contributed by atoms with van der Waals surface area (Å²) in [4.78, 5) is 15.9. The molecule has 1 unspecified atom stereocenters. The molecule has 19 heavy (non-hydrogen) atoms. The van der Waals surface area contributed by atoms with Gasteiger partial charge in [0.2, 0.25) is 5.91 Å². The number of rotatable bonds is 8. The maximum Gasteiger partial charge on any atom is 0.236 e. The lowest BCUT2D eigenvalue weighted by atomic mass is 10.1. The molecule has 0 aromatic carbocycles. The molecular formula is C13H25N5O. The summed E-state index contributed by atoms with van der Waals surface area (Å²) in [6.45, 7) is 7.60. The van der Waals surface area contributed by atoms with Gasteiger partial charge < -0.3 is 10.6 Å². The van der Waals surface area contributed by atoms with Crippen LogP contribution in [0.1, 0.15) is 33.0 Å². The minimum atomic E-state index is -0.184. The molecule has 0 aliphatic heterocycles. The number of aryl methyl sites for hydroxylation is 1. The third kappa shape index (κ3) is 6.33. The van der Waals surface area contributed by atoms with E-state index in [-0.39, 0.29) is 11.9 Å². The normalized spacial score (nSPS) is 12.7. The Balaban J connectivity index is 2.16. The zero-order valence-corrected chi connectivity index (χ0v) is 12.3. The van der Waals surface area contributed by atoms with Crippen LogP contribution in [0, 0.1) is 5.92 Å². The minimum absolute atomic E-state index is 0.0506. The van der Waals surface area contributed by atoms with Crippen molar-refractivity contribution in [1.82, 2.24) is 25.4 Å². The van der Waals surface area contributed by atoms with E-state index < -0.39 is 0 Å². The molecule has 0 bridgehead atoms. The maximum atomic E-state index is 11.8. The van der Waals surface area contributed by atoms with Crippen LogP contribution >= 0.6 is 0 Å². The van der Waals surface area contributed by atoms with Crippen LogP contribution in [0.15, 0.2) is 6.33 Å². The van der Waals surface area contributed by atoms with E-state index >= 15 is 0 Å². The van der Waals surface area contributed by atoms with Crippen molar-refractivity contribution < 1.29 is 4.79 Å². The molecule has 1 heterocycles. The number of nitrogens with zero attached hydrogens (tertiary/aromatic N) is 3. The zero-order valence-electron chi connectivity index (χ0n) is 12.3. The van der Waals surface area contributed by atoms with Crippen LogP contribution in [0.5, 0.6) is 0 Å². The average Bonchev–Trinajstić information content (AvgIpc) is 2.74. The maximum absolute atomic E-state index is 11.8. The van der Waals surface area contributed by atoms with Crippen LogP contribution in [0.25, 0.3) is 0 Å². The fourth-order valence-corrected chi connectivity index (χ4v) is 1.63. The van der Waals surface area contributed by atoms with Gasteiger partial charge in [0.1, 0.15) is 6.33 Å². The molecule has 108 valence electrons. The Morgan fingerprint density at radius 1 is 1.37 bits per heavy atom. The Kier molecular flexibility index (Phi) is 6.49. The smallest absolute Gasteiger partial charge is 0.236 e. The van der Waals surface area contributed by atoms with E-state index in [9.17, 15) is 4.79 Å². The molecule has 0 aliphatic rings. The Morgan fingerprint density at radius 3 is 2.68 bits per heavy atom. The second kappa shape index (κ2) is 7.89. The van der Waals surface area contributed by atoms with Gasteiger partial charge in [-0.25, -0.2) is 4.98 Å². The highest BCUT2D eigenvalue weighted by atomic mass is 16.2. The van der Waals surface area contributed by atoms with Crippen molar-refractivity contribution in [3.63, 3.8) is 0 Å². The fourth-order valence-electron chi connectivity index (χ4n) is 1.63. The number of carbonyl (C=O) groups is 1. The van der Waals surface area contributed by atoms with Gasteiger partial charge in [-0.15, -0.1) is 0 Å². The number of nitrogens with one attached hydrogen (secondary N) is 2. The molecule has 2 N–H and O–H groups in total. The Hall–Kier alpha value is -1.43. The topological polar surface area (TPSA) is 71.8 Å². The van der Waals surface area contributed by atoms with Gasteiger partial charge in [0.25, 0.3) is 0 Å². The summed E-state index contributed by atoms with van der Waals surface area (Å²) in [7, 11) is 1.84. The number of carbonyl (C=O) groups excluding carboxylic acids is 1. The van der Waals surface area contributed by atoms with Gasteiger partial charge >= 0.3 is 0 Å². The van der Waals surface area contributed by atoms with Crippen molar-refractivity contribution in [3.8, 4) is 0 Å². The van der Waals surface area contributed by atoms with Crippen LogP contribution < -0.4 is 10.6 Å². The highest BCUT2D eigenvalue weighted by Gasteiger charge is 2.11. The van der Waals surface area contributed by atoms with E-state index in [1.54, 1.807) is 11.0 Å². The predicted octanol–water partition coefficient (Wildman–Crippen LogP) is 0.498. The molecule has 0 saturated heterocycles. The second-order valence-electron chi connectivity index (χ2n) is 5.23. The Morgan fingerprint density at radius 2 is 2.11 bits per heavy atom. The SMILES string of the molecule is CC(C)CCNC(=O)C(C)NCCc1ncn(C)n1. The van der Waals surface area contributed by atoms with Gasteiger partial charge in [0.15, 0.2) is 5.82 Å². The van der Waals surface area contributed by atoms with Crippen molar-refractivity contribution >= 4 is 5.91 Å². The first-order chi connectivity index (χ1) is 8.99. The van der Waals surface area contributed by atoms with Crippen molar-refractivity contribution in [2.75, 3.05) is 13.1 Å².